The van der Waals surface area contributed by atoms with Crippen LogP contribution in [0.15, 0.2) is 22.7 Å². The molecule has 0 N–H and O–H groups in total. The average Bonchev–Trinajstić information content (AvgIpc) is 2.43. The fourth-order valence-electron chi connectivity index (χ4n) is 2.46. The van der Waals surface area contributed by atoms with Gasteiger partial charge in [0.15, 0.2) is 0 Å². The van der Waals surface area contributed by atoms with Gasteiger partial charge < -0.3 is 9.47 Å². The van der Waals surface area contributed by atoms with Gasteiger partial charge in [0.25, 0.3) is 0 Å². The molecule has 1 aromatic rings. The lowest BCUT2D eigenvalue weighted by atomic mass is 9.82. The van der Waals surface area contributed by atoms with Crippen molar-refractivity contribution >= 4 is 21.9 Å². The lowest BCUT2D eigenvalue weighted by Crippen LogP contribution is -2.40. The molecule has 1 rings (SSSR count). The summed E-state index contributed by atoms with van der Waals surface area (Å²) in [7, 11) is 0. The summed E-state index contributed by atoms with van der Waals surface area (Å²) in [5, 5.41) is 9.24. The zero-order valence-electron chi connectivity index (χ0n) is 15.3. The van der Waals surface area contributed by atoms with Crippen LogP contribution in [0.4, 0.5) is 0 Å². The maximum absolute atomic E-state index is 12.7. The number of benzene rings is 1. The molecule has 132 valence electrons. The van der Waals surface area contributed by atoms with Crippen LogP contribution in [0.1, 0.15) is 53.5 Å². The highest BCUT2D eigenvalue weighted by Gasteiger charge is 2.39. The third-order valence-electron chi connectivity index (χ3n) is 3.36. The Morgan fingerprint density at radius 1 is 1.29 bits per heavy atom. The number of hydrogen-bond donors (Lipinski definition) is 0. The first-order chi connectivity index (χ1) is 11.0. The van der Waals surface area contributed by atoms with Gasteiger partial charge in [0.2, 0.25) is 0 Å². The van der Waals surface area contributed by atoms with Gasteiger partial charge >= 0.3 is 5.97 Å². The first-order valence-electron chi connectivity index (χ1n) is 8.03. The van der Waals surface area contributed by atoms with E-state index in [-0.39, 0.29) is 12.6 Å². The standard InChI is InChI=1S/C19H26BrNO3/c1-13(2)10-19(6,17(22)24-18(3,4)5)12-23-16-8-7-15(20)9-14(16)11-21/h7-9,13H,10,12H2,1-6H3/t19-/m0/s1. The molecule has 0 unspecified atom stereocenters. The molecule has 0 aliphatic carbocycles. The summed E-state index contributed by atoms with van der Waals surface area (Å²) in [6.45, 7) is 11.7. The van der Waals surface area contributed by atoms with E-state index in [1.54, 1.807) is 12.1 Å². The molecule has 0 aliphatic rings. The molecule has 4 nitrogen and oxygen atoms in total. The van der Waals surface area contributed by atoms with E-state index >= 15 is 0 Å². The van der Waals surface area contributed by atoms with E-state index in [1.165, 1.54) is 0 Å². The largest absolute Gasteiger partial charge is 0.491 e. The van der Waals surface area contributed by atoms with Crippen molar-refractivity contribution in [2.24, 2.45) is 11.3 Å². The number of nitrogens with zero attached hydrogens (tertiary/aromatic N) is 1. The maximum Gasteiger partial charge on any atom is 0.315 e. The van der Waals surface area contributed by atoms with Crippen molar-refractivity contribution in [1.29, 1.82) is 5.26 Å². The molecule has 0 amide bonds. The summed E-state index contributed by atoms with van der Waals surface area (Å²) in [6, 6.07) is 7.35. The first-order valence-corrected chi connectivity index (χ1v) is 8.82. The molecule has 1 aromatic carbocycles. The van der Waals surface area contributed by atoms with Crippen LogP contribution in [-0.4, -0.2) is 18.2 Å². The van der Waals surface area contributed by atoms with Crippen molar-refractivity contribution < 1.29 is 14.3 Å². The molecule has 0 saturated carbocycles. The number of ether oxygens (including phenoxy) is 2. The summed E-state index contributed by atoms with van der Waals surface area (Å²) in [6.07, 6.45) is 0.639. The average molecular weight is 396 g/mol. The lowest BCUT2D eigenvalue weighted by molar-refractivity contribution is -0.169. The van der Waals surface area contributed by atoms with Crippen molar-refractivity contribution in [3.05, 3.63) is 28.2 Å². The van der Waals surface area contributed by atoms with Crippen molar-refractivity contribution in [2.45, 2.75) is 53.6 Å². The van der Waals surface area contributed by atoms with Gasteiger partial charge in [-0.1, -0.05) is 29.8 Å². The van der Waals surface area contributed by atoms with E-state index in [2.05, 4.69) is 35.8 Å². The van der Waals surface area contributed by atoms with Gasteiger partial charge in [-0.15, -0.1) is 0 Å². The Labute approximate surface area is 153 Å². The number of nitriles is 1. The second-order valence-electron chi connectivity index (χ2n) is 7.70. The molecular formula is C19H26BrNO3. The van der Waals surface area contributed by atoms with Crippen molar-refractivity contribution in [3.63, 3.8) is 0 Å². The topological polar surface area (TPSA) is 59.3 Å². The highest BCUT2D eigenvalue weighted by atomic mass is 79.9. The van der Waals surface area contributed by atoms with Crippen LogP contribution < -0.4 is 4.74 Å². The lowest BCUT2D eigenvalue weighted by Gasteiger charge is -2.32. The number of esters is 1. The Morgan fingerprint density at radius 3 is 2.42 bits per heavy atom. The van der Waals surface area contributed by atoms with Gasteiger partial charge in [-0.2, -0.15) is 5.26 Å². The highest BCUT2D eigenvalue weighted by Crippen LogP contribution is 2.32. The third-order valence-corrected chi connectivity index (χ3v) is 3.85. The first kappa shape index (κ1) is 20.5. The molecule has 0 bridgehead atoms. The SMILES string of the molecule is CC(C)C[C@@](C)(COc1ccc(Br)cc1C#N)C(=O)OC(C)(C)C. The van der Waals surface area contributed by atoms with Crippen molar-refractivity contribution in [2.75, 3.05) is 6.61 Å². The molecule has 0 aromatic heterocycles. The van der Waals surface area contributed by atoms with Gasteiger partial charge in [0.05, 0.1) is 11.0 Å². The summed E-state index contributed by atoms with van der Waals surface area (Å²) in [4.78, 5) is 12.7. The zero-order chi connectivity index (χ0) is 18.5. The minimum absolute atomic E-state index is 0.163. The maximum atomic E-state index is 12.7. The molecule has 1 atom stereocenters. The van der Waals surface area contributed by atoms with Crippen LogP contribution in [0.25, 0.3) is 0 Å². The van der Waals surface area contributed by atoms with Gasteiger partial charge in [-0.05, 0) is 58.2 Å². The predicted molar refractivity (Wildman–Crippen MR) is 97.8 cm³/mol. The Bertz CT molecular complexity index is 628. The fourth-order valence-corrected chi connectivity index (χ4v) is 2.82. The predicted octanol–water partition coefficient (Wildman–Crippen LogP) is 5.09. The minimum atomic E-state index is -0.777. The third kappa shape index (κ3) is 6.16. The highest BCUT2D eigenvalue weighted by molar-refractivity contribution is 9.10. The van der Waals surface area contributed by atoms with Crippen molar-refractivity contribution in [1.82, 2.24) is 0 Å². The van der Waals surface area contributed by atoms with Gasteiger partial charge in [0.1, 0.15) is 24.0 Å². The molecular weight excluding hydrogens is 370 g/mol. The molecule has 0 radical (unpaired) electrons. The molecule has 5 heteroatoms. The number of carbonyl (C=O) groups excluding carboxylic acids is 1. The van der Waals surface area contributed by atoms with Crippen LogP contribution in [0.5, 0.6) is 5.75 Å². The Hall–Kier alpha value is -1.54. The molecule has 0 heterocycles. The summed E-state index contributed by atoms with van der Waals surface area (Å²) < 4.78 is 12.2. The van der Waals surface area contributed by atoms with E-state index in [0.717, 1.165) is 4.47 Å². The molecule has 24 heavy (non-hydrogen) atoms. The molecule has 0 saturated heterocycles. The Balaban J connectivity index is 2.99. The van der Waals surface area contributed by atoms with Crippen LogP contribution in [-0.2, 0) is 9.53 Å². The van der Waals surface area contributed by atoms with Gasteiger partial charge in [0, 0.05) is 4.47 Å². The van der Waals surface area contributed by atoms with E-state index < -0.39 is 11.0 Å². The normalized spacial score (nSPS) is 14.0. The smallest absolute Gasteiger partial charge is 0.315 e. The van der Waals surface area contributed by atoms with E-state index in [4.69, 9.17) is 9.47 Å². The second kappa shape index (κ2) is 8.02. The summed E-state index contributed by atoms with van der Waals surface area (Å²) in [5.74, 6) is 0.505. The quantitative estimate of drug-likeness (QED) is 0.628. The summed E-state index contributed by atoms with van der Waals surface area (Å²) >= 11 is 3.34. The number of halogens is 1. The molecule has 0 fully saturated rings. The van der Waals surface area contributed by atoms with E-state index in [1.807, 2.05) is 33.8 Å². The Morgan fingerprint density at radius 2 is 1.92 bits per heavy atom. The van der Waals surface area contributed by atoms with Crippen LogP contribution in [0.2, 0.25) is 0 Å². The second-order valence-corrected chi connectivity index (χ2v) is 8.62. The summed E-state index contributed by atoms with van der Waals surface area (Å²) in [5.41, 5.74) is -0.896. The number of carbonyl (C=O) groups is 1. The van der Waals surface area contributed by atoms with Crippen LogP contribution in [0, 0.1) is 22.7 Å². The van der Waals surface area contributed by atoms with Crippen LogP contribution >= 0.6 is 15.9 Å². The van der Waals surface area contributed by atoms with E-state index in [0.29, 0.717) is 23.7 Å². The Kier molecular flexibility index (Phi) is 6.86. The number of hydrogen-bond acceptors (Lipinski definition) is 4. The van der Waals surface area contributed by atoms with Gasteiger partial charge in [-0.25, -0.2) is 0 Å². The van der Waals surface area contributed by atoms with Gasteiger partial charge in [-0.3, -0.25) is 4.79 Å². The molecule has 0 spiro atoms. The minimum Gasteiger partial charge on any atom is -0.491 e. The zero-order valence-corrected chi connectivity index (χ0v) is 16.9. The molecule has 0 aliphatic heterocycles. The number of rotatable bonds is 6. The fraction of sp³-hybridized carbons (Fsp3) is 0.579. The van der Waals surface area contributed by atoms with E-state index in [9.17, 15) is 10.1 Å². The van der Waals surface area contributed by atoms with Crippen molar-refractivity contribution in [3.8, 4) is 11.8 Å². The van der Waals surface area contributed by atoms with Crippen LogP contribution in [0.3, 0.4) is 0 Å². The monoisotopic (exact) mass is 395 g/mol.